The first kappa shape index (κ1) is 19.7. The van der Waals surface area contributed by atoms with Crippen LogP contribution in [0.3, 0.4) is 0 Å². The van der Waals surface area contributed by atoms with E-state index in [0.29, 0.717) is 0 Å². The second-order valence-electron chi connectivity index (χ2n) is 6.69. The highest BCUT2D eigenvalue weighted by molar-refractivity contribution is 5.79. The van der Waals surface area contributed by atoms with Gasteiger partial charge in [0.2, 0.25) is 0 Å². The van der Waals surface area contributed by atoms with E-state index in [4.69, 9.17) is 0 Å². The molecular formula is C18H35N7. The highest BCUT2D eigenvalue weighted by atomic mass is 15.2. The van der Waals surface area contributed by atoms with Gasteiger partial charge in [-0.05, 0) is 45.6 Å². The van der Waals surface area contributed by atoms with Crippen molar-refractivity contribution in [3.8, 4) is 0 Å². The molecule has 1 unspecified atom stereocenters. The van der Waals surface area contributed by atoms with Crippen LogP contribution in [0.1, 0.15) is 52.4 Å². The summed E-state index contributed by atoms with van der Waals surface area (Å²) in [6.45, 7) is 10.4. The minimum Gasteiger partial charge on any atom is -0.357 e. The zero-order valence-electron chi connectivity index (χ0n) is 16.0. The third-order valence-electron chi connectivity index (χ3n) is 4.82. The fourth-order valence-electron chi connectivity index (χ4n) is 3.41. The molecule has 2 N–H and O–H groups in total. The third-order valence-corrected chi connectivity index (χ3v) is 4.82. The lowest BCUT2D eigenvalue weighted by Gasteiger charge is -2.35. The topological polar surface area (TPSA) is 70.4 Å². The molecule has 0 bridgehead atoms. The molecule has 0 spiro atoms. The van der Waals surface area contributed by atoms with E-state index >= 15 is 0 Å². The Labute approximate surface area is 152 Å². The molecule has 0 aliphatic carbocycles. The fraction of sp³-hybridized carbons (Fsp3) is 0.833. The van der Waals surface area contributed by atoms with Gasteiger partial charge in [-0.15, -0.1) is 10.2 Å². The lowest BCUT2D eigenvalue weighted by molar-refractivity contribution is 0.147. The molecule has 0 amide bonds. The Morgan fingerprint density at radius 3 is 2.72 bits per heavy atom. The Kier molecular flexibility index (Phi) is 9.33. The molecule has 7 heteroatoms. The summed E-state index contributed by atoms with van der Waals surface area (Å²) in [5, 5.41) is 14.5. The lowest BCUT2D eigenvalue weighted by Crippen LogP contribution is -2.46. The standard InChI is InChI=1S/C18H35N7/c1-3-17-9-5-7-13-25(17)14-11-21-18(19-4-2)20-10-6-8-12-24-15-22-23-16-24/h15-17H,3-14H2,1-2H3,(H2,19,20,21). The maximum Gasteiger partial charge on any atom is 0.191 e. The SMILES string of the molecule is CCNC(=NCCCCn1cnnc1)NCCN1CCCCC1CC. The van der Waals surface area contributed by atoms with Crippen molar-refractivity contribution in [2.24, 2.45) is 4.99 Å². The van der Waals surface area contributed by atoms with Crippen LogP contribution < -0.4 is 10.6 Å². The summed E-state index contributed by atoms with van der Waals surface area (Å²) in [7, 11) is 0. The van der Waals surface area contributed by atoms with Crippen LogP contribution >= 0.6 is 0 Å². The zero-order valence-corrected chi connectivity index (χ0v) is 16.0. The molecule has 0 radical (unpaired) electrons. The van der Waals surface area contributed by atoms with Gasteiger partial charge in [0.05, 0.1) is 0 Å². The van der Waals surface area contributed by atoms with Gasteiger partial charge >= 0.3 is 0 Å². The number of aryl methyl sites for hydroxylation is 1. The van der Waals surface area contributed by atoms with Crippen molar-refractivity contribution in [2.45, 2.75) is 65.0 Å². The maximum atomic E-state index is 4.69. The molecule has 1 aromatic rings. The minimum absolute atomic E-state index is 0.771. The number of aliphatic imine (C=N–C) groups is 1. The van der Waals surface area contributed by atoms with Crippen LogP contribution in [0.4, 0.5) is 0 Å². The van der Waals surface area contributed by atoms with Crippen molar-refractivity contribution in [1.82, 2.24) is 30.3 Å². The third kappa shape index (κ3) is 7.42. The highest BCUT2D eigenvalue weighted by Gasteiger charge is 2.19. The number of aromatic nitrogens is 3. The van der Waals surface area contributed by atoms with E-state index in [0.717, 1.165) is 57.6 Å². The summed E-state index contributed by atoms with van der Waals surface area (Å²) >= 11 is 0. The van der Waals surface area contributed by atoms with Gasteiger partial charge < -0.3 is 15.2 Å². The summed E-state index contributed by atoms with van der Waals surface area (Å²) in [5.41, 5.74) is 0. The van der Waals surface area contributed by atoms with Crippen LogP contribution in [-0.4, -0.2) is 64.4 Å². The normalized spacial score (nSPS) is 19.1. The van der Waals surface area contributed by atoms with Crippen LogP contribution in [0.5, 0.6) is 0 Å². The molecule has 25 heavy (non-hydrogen) atoms. The van der Waals surface area contributed by atoms with Crippen molar-refractivity contribution in [2.75, 3.05) is 32.7 Å². The number of hydrogen-bond acceptors (Lipinski definition) is 4. The van der Waals surface area contributed by atoms with E-state index in [2.05, 4.69) is 44.6 Å². The van der Waals surface area contributed by atoms with E-state index in [1.54, 1.807) is 12.7 Å². The van der Waals surface area contributed by atoms with Gasteiger partial charge in [-0.25, -0.2) is 0 Å². The minimum atomic E-state index is 0.771. The molecule has 1 aliphatic heterocycles. The Bertz CT molecular complexity index is 472. The number of likely N-dealkylation sites (tertiary alicyclic amines) is 1. The summed E-state index contributed by atoms with van der Waals surface area (Å²) < 4.78 is 2.01. The van der Waals surface area contributed by atoms with Gasteiger partial charge in [0.25, 0.3) is 0 Å². The number of nitrogens with one attached hydrogen (secondary N) is 2. The van der Waals surface area contributed by atoms with Crippen molar-refractivity contribution in [3.63, 3.8) is 0 Å². The predicted molar refractivity (Wildman–Crippen MR) is 103 cm³/mol. The molecule has 1 aliphatic rings. The van der Waals surface area contributed by atoms with E-state index in [1.165, 1.54) is 32.2 Å². The van der Waals surface area contributed by atoms with Crippen LogP contribution in [0.25, 0.3) is 0 Å². The Hall–Kier alpha value is -1.63. The van der Waals surface area contributed by atoms with E-state index in [1.807, 2.05) is 4.57 Å². The van der Waals surface area contributed by atoms with E-state index in [9.17, 15) is 0 Å². The molecule has 0 aromatic carbocycles. The molecule has 1 saturated heterocycles. The van der Waals surface area contributed by atoms with Crippen LogP contribution in [0, 0.1) is 0 Å². The van der Waals surface area contributed by atoms with Crippen molar-refractivity contribution >= 4 is 5.96 Å². The Morgan fingerprint density at radius 1 is 1.12 bits per heavy atom. The predicted octanol–water partition coefficient (Wildman–Crippen LogP) is 1.88. The summed E-state index contributed by atoms with van der Waals surface area (Å²) in [5.74, 6) is 0.942. The van der Waals surface area contributed by atoms with Gasteiger partial charge in [0.1, 0.15) is 12.7 Å². The monoisotopic (exact) mass is 349 g/mol. The molecule has 1 fully saturated rings. The molecule has 142 valence electrons. The van der Waals surface area contributed by atoms with E-state index < -0.39 is 0 Å². The van der Waals surface area contributed by atoms with E-state index in [-0.39, 0.29) is 0 Å². The second-order valence-corrected chi connectivity index (χ2v) is 6.69. The highest BCUT2D eigenvalue weighted by Crippen LogP contribution is 2.18. The lowest BCUT2D eigenvalue weighted by atomic mass is 10.0. The first-order valence-corrected chi connectivity index (χ1v) is 9.92. The van der Waals surface area contributed by atoms with Crippen LogP contribution in [-0.2, 0) is 6.54 Å². The molecule has 1 aromatic heterocycles. The fourth-order valence-corrected chi connectivity index (χ4v) is 3.41. The number of hydrogen-bond donors (Lipinski definition) is 2. The Balaban J connectivity index is 1.64. The van der Waals surface area contributed by atoms with Gasteiger partial charge in [-0.2, -0.15) is 0 Å². The molecule has 2 heterocycles. The average Bonchev–Trinajstić information content (AvgIpc) is 3.15. The first-order chi connectivity index (χ1) is 12.3. The first-order valence-electron chi connectivity index (χ1n) is 9.92. The Morgan fingerprint density at radius 2 is 1.96 bits per heavy atom. The van der Waals surface area contributed by atoms with Gasteiger partial charge in [0.15, 0.2) is 5.96 Å². The largest absolute Gasteiger partial charge is 0.357 e. The number of rotatable bonds is 10. The van der Waals surface area contributed by atoms with Crippen molar-refractivity contribution in [1.29, 1.82) is 0 Å². The average molecular weight is 350 g/mol. The van der Waals surface area contributed by atoms with Crippen molar-refractivity contribution < 1.29 is 0 Å². The molecule has 7 nitrogen and oxygen atoms in total. The number of guanidine groups is 1. The van der Waals surface area contributed by atoms with Gasteiger partial charge in [-0.3, -0.25) is 9.89 Å². The molecule has 2 rings (SSSR count). The quantitative estimate of drug-likeness (QED) is 0.383. The summed E-state index contributed by atoms with van der Waals surface area (Å²) in [4.78, 5) is 7.33. The van der Waals surface area contributed by atoms with Gasteiger partial charge in [-0.1, -0.05) is 13.3 Å². The molecule has 0 saturated carbocycles. The number of nitrogens with zero attached hydrogens (tertiary/aromatic N) is 5. The summed E-state index contributed by atoms with van der Waals surface area (Å²) in [6, 6.07) is 0.771. The van der Waals surface area contributed by atoms with Crippen LogP contribution in [0.2, 0.25) is 0 Å². The second kappa shape index (κ2) is 11.8. The summed E-state index contributed by atoms with van der Waals surface area (Å²) in [6.07, 6.45) is 11.0. The zero-order chi connectivity index (χ0) is 17.7. The smallest absolute Gasteiger partial charge is 0.191 e. The number of piperidine rings is 1. The molecular weight excluding hydrogens is 314 g/mol. The van der Waals surface area contributed by atoms with Gasteiger partial charge in [0, 0.05) is 38.8 Å². The molecule has 1 atom stereocenters. The number of unbranched alkanes of at least 4 members (excludes halogenated alkanes) is 1. The van der Waals surface area contributed by atoms with Crippen molar-refractivity contribution in [3.05, 3.63) is 12.7 Å². The maximum absolute atomic E-state index is 4.69. The van der Waals surface area contributed by atoms with Crippen LogP contribution in [0.15, 0.2) is 17.6 Å².